The van der Waals surface area contributed by atoms with Crippen LogP contribution in [0, 0.1) is 0 Å². The Labute approximate surface area is 118 Å². The number of carbonyl (C=O) groups excluding carboxylic acids is 1. The van der Waals surface area contributed by atoms with Gasteiger partial charge in [0.1, 0.15) is 12.0 Å². The predicted octanol–water partition coefficient (Wildman–Crippen LogP) is -0.588. The third-order valence-corrected chi connectivity index (χ3v) is 4.43. The number of hydrogen-bond donors (Lipinski definition) is 1. The zero-order valence-corrected chi connectivity index (χ0v) is 11.7. The molecule has 1 aliphatic rings. The third kappa shape index (κ3) is 3.54. The number of piperazine rings is 1. The summed E-state index contributed by atoms with van der Waals surface area (Å²) in [6, 6.07) is 8.30. The summed E-state index contributed by atoms with van der Waals surface area (Å²) in [5, 5.41) is 0. The van der Waals surface area contributed by atoms with E-state index in [0.717, 1.165) is 6.29 Å². The van der Waals surface area contributed by atoms with Crippen molar-refractivity contribution in [2.45, 2.75) is 6.17 Å². The average Bonchev–Trinajstić information content (AvgIpc) is 2.42. The lowest BCUT2D eigenvalue weighted by atomic mass is 10.3. The largest absolute Gasteiger partial charge is 0.385 e. The molecule has 1 aromatic rings. The van der Waals surface area contributed by atoms with Gasteiger partial charge >= 0.3 is 10.3 Å². The molecule has 0 amide bonds. The van der Waals surface area contributed by atoms with Crippen LogP contribution in [-0.2, 0) is 15.1 Å². The first-order chi connectivity index (χ1) is 9.53. The molecule has 0 aliphatic carbocycles. The Morgan fingerprint density at radius 1 is 1.30 bits per heavy atom. The summed E-state index contributed by atoms with van der Waals surface area (Å²) in [5.41, 5.74) is 5.85. The number of nitrogens with zero attached hydrogens (tertiary/aromatic N) is 2. The smallest absolute Gasteiger partial charge is 0.371 e. The molecule has 0 spiro atoms. The predicted molar refractivity (Wildman–Crippen MR) is 73.2 cm³/mol. The Morgan fingerprint density at radius 3 is 2.60 bits per heavy atom. The van der Waals surface area contributed by atoms with Crippen molar-refractivity contribution < 1.29 is 17.4 Å². The fraction of sp³-hybridized carbons (Fsp3) is 0.417. The van der Waals surface area contributed by atoms with Crippen molar-refractivity contribution in [2.24, 2.45) is 5.73 Å². The van der Waals surface area contributed by atoms with Gasteiger partial charge in [-0.15, -0.1) is 0 Å². The van der Waals surface area contributed by atoms with Crippen molar-refractivity contribution in [3.63, 3.8) is 0 Å². The van der Waals surface area contributed by atoms with E-state index in [0.29, 0.717) is 6.54 Å². The fourth-order valence-corrected chi connectivity index (χ4v) is 3.10. The van der Waals surface area contributed by atoms with E-state index >= 15 is 0 Å². The summed E-state index contributed by atoms with van der Waals surface area (Å²) in [6.45, 7) is 0.950. The zero-order chi connectivity index (χ0) is 14.6. The minimum absolute atomic E-state index is 0.100. The van der Waals surface area contributed by atoms with Crippen molar-refractivity contribution in [3.05, 3.63) is 30.3 Å². The Balaban J connectivity index is 2.03. The Bertz CT molecular complexity index is 549. The molecule has 0 radical (unpaired) electrons. The number of rotatable bonds is 5. The van der Waals surface area contributed by atoms with Crippen molar-refractivity contribution in [3.8, 4) is 5.75 Å². The third-order valence-electron chi connectivity index (χ3n) is 3.07. The standard InChI is InChI=1S/C12H17N3O4S/c13-12-10-15(7-6-14(12)8-9-16)20(17,18)19-11-4-2-1-3-5-11/h1-5,9,12H,6-8,10,13H2. The zero-order valence-electron chi connectivity index (χ0n) is 10.9. The van der Waals surface area contributed by atoms with Gasteiger partial charge in [-0.2, -0.15) is 12.7 Å². The van der Waals surface area contributed by atoms with Gasteiger partial charge in [-0.05, 0) is 12.1 Å². The molecule has 1 heterocycles. The van der Waals surface area contributed by atoms with Gasteiger partial charge in [0.25, 0.3) is 0 Å². The second-order valence-corrected chi connectivity index (χ2v) is 5.98. The molecule has 2 rings (SSSR count). The van der Waals surface area contributed by atoms with Gasteiger partial charge in [-0.1, -0.05) is 18.2 Å². The van der Waals surface area contributed by atoms with Crippen molar-refractivity contribution in [1.29, 1.82) is 0 Å². The van der Waals surface area contributed by atoms with Crippen LogP contribution < -0.4 is 9.92 Å². The normalized spacial score (nSPS) is 21.6. The van der Waals surface area contributed by atoms with Crippen molar-refractivity contribution in [1.82, 2.24) is 9.21 Å². The summed E-state index contributed by atoms with van der Waals surface area (Å²) in [7, 11) is -3.87. The van der Waals surface area contributed by atoms with Crippen LogP contribution in [0.25, 0.3) is 0 Å². The van der Waals surface area contributed by atoms with Gasteiger partial charge in [0.15, 0.2) is 0 Å². The molecule has 7 nitrogen and oxygen atoms in total. The molecule has 2 N–H and O–H groups in total. The number of nitrogens with two attached hydrogens (primary N) is 1. The first-order valence-corrected chi connectivity index (χ1v) is 7.57. The highest BCUT2D eigenvalue weighted by atomic mass is 32.2. The van der Waals surface area contributed by atoms with Crippen LogP contribution in [0.1, 0.15) is 0 Å². The lowest BCUT2D eigenvalue weighted by Crippen LogP contribution is -2.59. The molecule has 8 heteroatoms. The summed E-state index contributed by atoms with van der Waals surface area (Å²) in [4.78, 5) is 12.2. The van der Waals surface area contributed by atoms with Crippen LogP contribution in [-0.4, -0.2) is 56.3 Å². The van der Waals surface area contributed by atoms with E-state index in [1.807, 2.05) is 0 Å². The first kappa shape index (κ1) is 14.9. The van der Waals surface area contributed by atoms with Crippen LogP contribution in [0.5, 0.6) is 5.75 Å². The quantitative estimate of drug-likeness (QED) is 0.731. The number of benzene rings is 1. The Morgan fingerprint density at radius 2 is 2.00 bits per heavy atom. The summed E-state index contributed by atoms with van der Waals surface area (Å²) >= 11 is 0. The van der Waals surface area contributed by atoms with E-state index in [1.165, 1.54) is 4.31 Å². The molecule has 1 unspecified atom stereocenters. The van der Waals surface area contributed by atoms with E-state index in [9.17, 15) is 13.2 Å². The molecule has 20 heavy (non-hydrogen) atoms. The van der Waals surface area contributed by atoms with Gasteiger partial charge in [0, 0.05) is 19.6 Å². The van der Waals surface area contributed by atoms with Crippen LogP contribution in [0.4, 0.5) is 0 Å². The van der Waals surface area contributed by atoms with E-state index in [4.69, 9.17) is 9.92 Å². The van der Waals surface area contributed by atoms with Crippen LogP contribution in [0.2, 0.25) is 0 Å². The van der Waals surface area contributed by atoms with Gasteiger partial charge < -0.3 is 14.7 Å². The summed E-state index contributed by atoms with van der Waals surface area (Å²) in [5.74, 6) is 0.261. The Hall–Kier alpha value is -1.48. The van der Waals surface area contributed by atoms with Gasteiger partial charge in [0.05, 0.1) is 12.7 Å². The lowest BCUT2D eigenvalue weighted by molar-refractivity contribution is -0.109. The van der Waals surface area contributed by atoms with Crippen LogP contribution in [0.3, 0.4) is 0 Å². The number of para-hydroxylation sites is 1. The first-order valence-electron chi connectivity index (χ1n) is 6.21. The van der Waals surface area contributed by atoms with Gasteiger partial charge in [-0.25, -0.2) is 0 Å². The maximum atomic E-state index is 12.1. The molecule has 110 valence electrons. The fourth-order valence-electron chi connectivity index (χ4n) is 2.00. The second-order valence-electron chi connectivity index (χ2n) is 4.44. The SMILES string of the molecule is NC1CN(S(=O)(=O)Oc2ccccc2)CCN1CC=O. The van der Waals surface area contributed by atoms with Crippen molar-refractivity contribution in [2.75, 3.05) is 26.2 Å². The molecule has 1 aliphatic heterocycles. The highest BCUT2D eigenvalue weighted by molar-refractivity contribution is 7.84. The lowest BCUT2D eigenvalue weighted by Gasteiger charge is -2.37. The molecule has 1 saturated heterocycles. The summed E-state index contributed by atoms with van der Waals surface area (Å²) < 4.78 is 30.5. The molecule has 0 aromatic heterocycles. The Kier molecular flexibility index (Phi) is 4.71. The van der Waals surface area contributed by atoms with Gasteiger partial charge in [-0.3, -0.25) is 4.90 Å². The minimum Gasteiger partial charge on any atom is -0.371 e. The summed E-state index contributed by atoms with van der Waals surface area (Å²) in [6.07, 6.45) is 0.243. The van der Waals surface area contributed by atoms with E-state index in [2.05, 4.69) is 0 Å². The maximum absolute atomic E-state index is 12.1. The van der Waals surface area contributed by atoms with E-state index in [1.54, 1.807) is 35.2 Å². The number of hydrogen-bond acceptors (Lipinski definition) is 6. The van der Waals surface area contributed by atoms with Crippen LogP contribution in [0.15, 0.2) is 30.3 Å². The maximum Gasteiger partial charge on any atom is 0.385 e. The molecule has 1 atom stereocenters. The molecular weight excluding hydrogens is 282 g/mol. The van der Waals surface area contributed by atoms with E-state index < -0.39 is 16.5 Å². The molecule has 0 bridgehead atoms. The number of carbonyl (C=O) groups is 1. The highest BCUT2D eigenvalue weighted by Crippen LogP contribution is 2.16. The second kappa shape index (κ2) is 6.31. The molecule has 1 aromatic carbocycles. The van der Waals surface area contributed by atoms with Gasteiger partial charge in [0.2, 0.25) is 0 Å². The monoisotopic (exact) mass is 299 g/mol. The molecular formula is C12H17N3O4S. The number of aldehydes is 1. The minimum atomic E-state index is -3.87. The van der Waals surface area contributed by atoms with E-state index in [-0.39, 0.29) is 25.4 Å². The highest BCUT2D eigenvalue weighted by Gasteiger charge is 2.32. The van der Waals surface area contributed by atoms with Crippen LogP contribution >= 0.6 is 0 Å². The topological polar surface area (TPSA) is 92.9 Å². The average molecular weight is 299 g/mol. The molecule has 1 fully saturated rings. The molecule has 0 saturated carbocycles. The van der Waals surface area contributed by atoms with Crippen molar-refractivity contribution >= 4 is 16.6 Å².